The number of hydrogen-bond donors (Lipinski definition) is 2. The fourth-order valence-corrected chi connectivity index (χ4v) is 0.951. The van der Waals surface area contributed by atoms with Crippen molar-refractivity contribution in [2.45, 2.75) is 39.4 Å². The first kappa shape index (κ1) is 25.7. The van der Waals surface area contributed by atoms with Crippen LogP contribution >= 0.6 is 0 Å². The molecular weight excluding hydrogens is 320 g/mol. The molecule has 0 fully saturated rings. The van der Waals surface area contributed by atoms with Crippen molar-refractivity contribution in [3.8, 4) is 0 Å². The number of carbonyl (C=O) groups excluding carboxylic acids is 1. The molecule has 0 aliphatic rings. The van der Waals surface area contributed by atoms with Gasteiger partial charge in [-0.15, -0.1) is 0 Å². The van der Waals surface area contributed by atoms with E-state index >= 15 is 0 Å². The minimum Gasteiger partial charge on any atom is -0.478 e. The quantitative estimate of drug-likeness (QED) is 0.315. The molecule has 0 aliphatic heterocycles. The van der Waals surface area contributed by atoms with E-state index in [1.807, 2.05) is 26.6 Å². The molecule has 0 rings (SSSR count). The molecule has 0 aliphatic carbocycles. The predicted octanol–water partition coefficient (Wildman–Crippen LogP) is 3.17. The van der Waals surface area contributed by atoms with E-state index in [0.717, 1.165) is 18.6 Å². The minimum atomic E-state index is -1.77. The third-order valence-electron chi connectivity index (χ3n) is 1.56. The summed E-state index contributed by atoms with van der Waals surface area (Å²) in [5, 5.41) is 15.2. The number of rotatable bonds is 7. The first-order valence-corrected chi connectivity index (χ1v) is 10.1. The second-order valence-corrected chi connectivity index (χ2v) is 9.40. The van der Waals surface area contributed by atoms with Crippen molar-refractivity contribution in [1.29, 1.82) is 0 Å². The van der Waals surface area contributed by atoms with Crippen LogP contribution in [0.1, 0.15) is 19.8 Å². The second kappa shape index (κ2) is 14.7. The Labute approximate surface area is 138 Å². The Hall–Kier alpha value is -2.19. The van der Waals surface area contributed by atoms with E-state index in [1.54, 1.807) is 0 Å². The molecule has 8 heteroatoms. The molecule has 0 aromatic heterocycles. The van der Waals surface area contributed by atoms with Gasteiger partial charge in [0.2, 0.25) is 8.32 Å². The van der Waals surface area contributed by atoms with Crippen LogP contribution < -0.4 is 0 Å². The van der Waals surface area contributed by atoms with E-state index < -0.39 is 26.2 Å². The van der Waals surface area contributed by atoms with Crippen LogP contribution in [-0.2, 0) is 23.8 Å². The number of carboxylic acids is 2. The lowest BCUT2D eigenvalue weighted by Crippen LogP contribution is -2.27. The monoisotopic (exact) mass is 346 g/mol. The van der Waals surface area contributed by atoms with Crippen LogP contribution in [-0.4, -0.2) is 36.4 Å². The molecule has 0 aromatic rings. The van der Waals surface area contributed by atoms with Crippen LogP contribution in [0.5, 0.6) is 0 Å². The summed E-state index contributed by atoms with van der Waals surface area (Å²) in [6.45, 7) is 17.4. The smallest absolute Gasteiger partial charge is 0.367 e. The molecule has 0 aromatic carbocycles. The SMILES string of the molecule is C=C(CCC)C(=O)OO[Si](C)(C)C.C=CC(=O)O.C=CC(=O)O. The fraction of sp³-hybridized carbons (Fsp3) is 0.400. The van der Waals surface area contributed by atoms with E-state index in [0.29, 0.717) is 12.0 Å². The second-order valence-electron chi connectivity index (χ2n) is 5.00. The standard InChI is InChI=1S/C9H18O3Si.2C3H4O2/c1-6-7-8(2)9(10)11-12-13(3,4)5;2*1-2-3(4)5/h2,6-7H2,1,3-5H3;2*2H,1H2,(H,4,5). The van der Waals surface area contributed by atoms with Gasteiger partial charge in [-0.25, -0.2) is 19.0 Å². The molecule has 23 heavy (non-hydrogen) atoms. The maximum atomic E-state index is 11.2. The van der Waals surface area contributed by atoms with Gasteiger partial charge in [0.1, 0.15) is 0 Å². The van der Waals surface area contributed by atoms with Gasteiger partial charge < -0.3 is 15.1 Å². The highest BCUT2D eigenvalue weighted by Crippen LogP contribution is 2.08. The molecular formula is C15H26O7Si. The molecule has 7 nitrogen and oxygen atoms in total. The van der Waals surface area contributed by atoms with Gasteiger partial charge in [0, 0.05) is 17.7 Å². The Kier molecular flexibility index (Phi) is 16.5. The topological polar surface area (TPSA) is 110 Å². The fourth-order valence-electron chi connectivity index (χ4n) is 0.626. The summed E-state index contributed by atoms with van der Waals surface area (Å²) in [6, 6.07) is 0. The van der Waals surface area contributed by atoms with Crippen LogP contribution in [0.25, 0.3) is 0 Å². The number of carboxylic acid groups (broad SMARTS) is 2. The van der Waals surface area contributed by atoms with E-state index in [1.165, 1.54) is 0 Å². The van der Waals surface area contributed by atoms with E-state index in [9.17, 15) is 14.4 Å². The zero-order chi connectivity index (χ0) is 19.1. The molecule has 0 heterocycles. The van der Waals surface area contributed by atoms with Gasteiger partial charge in [-0.05, 0) is 26.1 Å². The summed E-state index contributed by atoms with van der Waals surface area (Å²) in [7, 11) is -1.77. The highest BCUT2D eigenvalue weighted by Gasteiger charge is 2.19. The Morgan fingerprint density at radius 3 is 1.61 bits per heavy atom. The molecule has 0 bridgehead atoms. The van der Waals surface area contributed by atoms with E-state index in [4.69, 9.17) is 14.8 Å². The molecule has 0 spiro atoms. The van der Waals surface area contributed by atoms with E-state index in [2.05, 4.69) is 24.6 Å². The van der Waals surface area contributed by atoms with Crippen molar-refractivity contribution in [2.75, 3.05) is 0 Å². The van der Waals surface area contributed by atoms with Crippen molar-refractivity contribution in [1.82, 2.24) is 0 Å². The summed E-state index contributed by atoms with van der Waals surface area (Å²) in [4.78, 5) is 34.3. The molecule has 0 saturated carbocycles. The highest BCUT2D eigenvalue weighted by molar-refractivity contribution is 6.69. The molecule has 0 radical (unpaired) electrons. The van der Waals surface area contributed by atoms with Crippen LogP contribution in [0, 0.1) is 0 Å². The average molecular weight is 346 g/mol. The van der Waals surface area contributed by atoms with Crippen LogP contribution in [0.3, 0.4) is 0 Å². The molecule has 0 saturated heterocycles. The lowest BCUT2D eigenvalue weighted by atomic mass is 10.2. The third-order valence-corrected chi connectivity index (χ3v) is 2.14. The first-order chi connectivity index (χ1) is 10.4. The van der Waals surface area contributed by atoms with Crippen molar-refractivity contribution >= 4 is 26.2 Å². The summed E-state index contributed by atoms with van der Waals surface area (Å²) in [5.41, 5.74) is 0.473. The van der Waals surface area contributed by atoms with Gasteiger partial charge in [0.15, 0.2) is 0 Å². The minimum absolute atomic E-state index is 0.440. The molecule has 0 amide bonds. The average Bonchev–Trinajstić information content (AvgIpc) is 2.45. The lowest BCUT2D eigenvalue weighted by Gasteiger charge is -2.14. The molecule has 2 N–H and O–H groups in total. The summed E-state index contributed by atoms with van der Waals surface area (Å²) in [5.74, 6) is -2.40. The maximum absolute atomic E-state index is 11.2. The van der Waals surface area contributed by atoms with Crippen LogP contribution in [0.4, 0.5) is 0 Å². The van der Waals surface area contributed by atoms with Crippen molar-refractivity contribution in [2.24, 2.45) is 0 Å². The molecule has 0 unspecified atom stereocenters. The Bertz CT molecular complexity index is 404. The number of hydrogen-bond acceptors (Lipinski definition) is 5. The summed E-state index contributed by atoms with van der Waals surface area (Å²) >= 11 is 0. The largest absolute Gasteiger partial charge is 0.478 e. The molecule has 132 valence electrons. The zero-order valence-electron chi connectivity index (χ0n) is 14.1. The lowest BCUT2D eigenvalue weighted by molar-refractivity contribution is -0.214. The van der Waals surface area contributed by atoms with Crippen LogP contribution in [0.15, 0.2) is 37.5 Å². The van der Waals surface area contributed by atoms with Crippen molar-refractivity contribution in [3.05, 3.63) is 37.5 Å². The number of aliphatic carboxylic acids is 2. The highest BCUT2D eigenvalue weighted by atomic mass is 28.4. The maximum Gasteiger partial charge on any atom is 0.367 e. The number of carbonyl (C=O) groups is 3. The Morgan fingerprint density at radius 2 is 1.39 bits per heavy atom. The summed E-state index contributed by atoms with van der Waals surface area (Å²) < 4.78 is 4.99. The van der Waals surface area contributed by atoms with E-state index in [-0.39, 0.29) is 0 Å². The van der Waals surface area contributed by atoms with Gasteiger partial charge in [-0.3, -0.25) is 0 Å². The van der Waals surface area contributed by atoms with Gasteiger partial charge in [0.05, 0.1) is 0 Å². The van der Waals surface area contributed by atoms with Gasteiger partial charge in [-0.2, -0.15) is 0 Å². The normalized spacial score (nSPS) is 9.04. The van der Waals surface area contributed by atoms with Gasteiger partial charge in [0.25, 0.3) is 0 Å². The van der Waals surface area contributed by atoms with Crippen molar-refractivity contribution < 1.29 is 34.1 Å². The Morgan fingerprint density at radius 1 is 1.04 bits per heavy atom. The zero-order valence-corrected chi connectivity index (χ0v) is 15.1. The van der Waals surface area contributed by atoms with Crippen LogP contribution in [0.2, 0.25) is 19.6 Å². The molecule has 0 atom stereocenters. The van der Waals surface area contributed by atoms with Gasteiger partial charge >= 0.3 is 17.9 Å². The Balaban J connectivity index is -0.000000329. The van der Waals surface area contributed by atoms with Crippen molar-refractivity contribution in [3.63, 3.8) is 0 Å². The first-order valence-electron chi connectivity index (χ1n) is 6.69. The van der Waals surface area contributed by atoms with Gasteiger partial charge in [-0.1, -0.05) is 33.1 Å². The summed E-state index contributed by atoms with van der Waals surface area (Å²) in [6.07, 6.45) is 3.22. The third kappa shape index (κ3) is 28.6. The predicted molar refractivity (Wildman–Crippen MR) is 90.2 cm³/mol.